The molecule has 0 aliphatic carbocycles. The van der Waals surface area contributed by atoms with E-state index in [4.69, 9.17) is 16.7 Å². The molecule has 0 bridgehead atoms. The molecule has 1 heterocycles. The minimum Gasteiger partial charge on any atom is -0.477 e. The van der Waals surface area contributed by atoms with Gasteiger partial charge < -0.3 is 5.11 Å². The standard InChI is InChI=1S/C14H13ClO2S2/c1-9-11(6-13(19-9)14(16)17)8-18-7-10-4-2-3-5-12(10)15/h2-6H,7-8H2,1H3,(H,16,17). The number of rotatable bonds is 5. The number of hydrogen-bond acceptors (Lipinski definition) is 3. The number of thiophene rings is 1. The van der Waals surface area contributed by atoms with Crippen molar-refractivity contribution in [1.82, 2.24) is 0 Å². The van der Waals surface area contributed by atoms with Gasteiger partial charge in [0.2, 0.25) is 0 Å². The number of carboxylic acid groups (broad SMARTS) is 1. The number of aryl methyl sites for hydroxylation is 1. The topological polar surface area (TPSA) is 37.3 Å². The van der Waals surface area contributed by atoms with E-state index in [1.54, 1.807) is 17.8 Å². The van der Waals surface area contributed by atoms with E-state index < -0.39 is 5.97 Å². The van der Waals surface area contributed by atoms with Crippen molar-refractivity contribution in [2.24, 2.45) is 0 Å². The average molecular weight is 313 g/mol. The summed E-state index contributed by atoms with van der Waals surface area (Å²) < 4.78 is 0. The summed E-state index contributed by atoms with van der Waals surface area (Å²) in [4.78, 5) is 12.4. The van der Waals surface area contributed by atoms with E-state index in [-0.39, 0.29) is 0 Å². The minimum atomic E-state index is -0.851. The van der Waals surface area contributed by atoms with Crippen LogP contribution in [0, 0.1) is 6.92 Å². The molecule has 0 aliphatic heterocycles. The van der Waals surface area contributed by atoms with Gasteiger partial charge >= 0.3 is 5.97 Å². The van der Waals surface area contributed by atoms with E-state index in [0.29, 0.717) is 4.88 Å². The van der Waals surface area contributed by atoms with E-state index in [0.717, 1.165) is 32.5 Å². The Morgan fingerprint density at radius 2 is 2.00 bits per heavy atom. The third-order valence-corrected chi connectivity index (χ3v) is 5.18. The first-order valence-electron chi connectivity index (χ1n) is 5.71. The summed E-state index contributed by atoms with van der Waals surface area (Å²) in [6, 6.07) is 9.55. The molecule has 0 atom stereocenters. The summed E-state index contributed by atoms with van der Waals surface area (Å²) in [7, 11) is 0. The molecule has 1 aromatic heterocycles. The first-order chi connectivity index (χ1) is 9.08. The number of halogens is 1. The fraction of sp³-hybridized carbons (Fsp3) is 0.214. The van der Waals surface area contributed by atoms with Gasteiger partial charge in [-0.15, -0.1) is 11.3 Å². The first kappa shape index (κ1) is 14.4. The summed E-state index contributed by atoms with van der Waals surface area (Å²) in [5.41, 5.74) is 2.21. The van der Waals surface area contributed by atoms with Crippen LogP contribution in [0.1, 0.15) is 25.7 Å². The molecule has 19 heavy (non-hydrogen) atoms. The van der Waals surface area contributed by atoms with Gasteiger partial charge in [0.25, 0.3) is 0 Å². The van der Waals surface area contributed by atoms with Crippen LogP contribution >= 0.6 is 34.7 Å². The van der Waals surface area contributed by atoms with Gasteiger partial charge in [0.05, 0.1) is 0 Å². The van der Waals surface area contributed by atoms with Gasteiger partial charge in [-0.2, -0.15) is 11.8 Å². The second kappa shape index (κ2) is 6.46. The zero-order valence-corrected chi connectivity index (χ0v) is 12.7. The second-order valence-corrected chi connectivity index (χ2v) is 6.73. The fourth-order valence-electron chi connectivity index (χ4n) is 1.65. The highest BCUT2D eigenvalue weighted by molar-refractivity contribution is 7.97. The molecule has 0 unspecified atom stereocenters. The van der Waals surface area contributed by atoms with Crippen LogP contribution in [0.2, 0.25) is 5.02 Å². The molecule has 5 heteroatoms. The Morgan fingerprint density at radius 1 is 1.32 bits per heavy atom. The van der Waals surface area contributed by atoms with Crippen molar-refractivity contribution in [2.75, 3.05) is 0 Å². The number of benzene rings is 1. The Kier molecular flexibility index (Phi) is 4.91. The molecule has 1 aromatic carbocycles. The summed E-state index contributed by atoms with van der Waals surface area (Å²) in [5, 5.41) is 9.73. The maximum Gasteiger partial charge on any atom is 0.345 e. The highest BCUT2D eigenvalue weighted by Gasteiger charge is 2.11. The molecule has 2 nitrogen and oxygen atoms in total. The van der Waals surface area contributed by atoms with Gasteiger partial charge in [-0.1, -0.05) is 29.8 Å². The molecule has 0 aliphatic rings. The molecule has 0 spiro atoms. The summed E-state index contributed by atoms with van der Waals surface area (Å²) in [6.45, 7) is 1.96. The van der Waals surface area contributed by atoms with Crippen molar-refractivity contribution in [2.45, 2.75) is 18.4 Å². The molecule has 0 radical (unpaired) electrons. The fourth-order valence-corrected chi connectivity index (χ4v) is 4.00. The van der Waals surface area contributed by atoms with Crippen molar-refractivity contribution in [1.29, 1.82) is 0 Å². The Labute approximate surface area is 125 Å². The maximum atomic E-state index is 10.9. The predicted octanol–water partition coefficient (Wildman–Crippen LogP) is 4.84. The molecular weight excluding hydrogens is 300 g/mol. The number of thioether (sulfide) groups is 1. The van der Waals surface area contributed by atoms with Crippen molar-refractivity contribution in [3.05, 3.63) is 56.2 Å². The predicted molar refractivity (Wildman–Crippen MR) is 82.5 cm³/mol. The molecule has 0 fully saturated rings. The average Bonchev–Trinajstić information content (AvgIpc) is 2.74. The quantitative estimate of drug-likeness (QED) is 0.858. The van der Waals surface area contributed by atoms with Gasteiger partial charge in [0, 0.05) is 21.4 Å². The summed E-state index contributed by atoms with van der Waals surface area (Å²) in [6.07, 6.45) is 0. The van der Waals surface area contributed by atoms with Gasteiger partial charge in [0.1, 0.15) is 4.88 Å². The Hall–Kier alpha value is -0.970. The molecule has 1 N–H and O–H groups in total. The van der Waals surface area contributed by atoms with Crippen LogP contribution in [0.4, 0.5) is 0 Å². The normalized spacial score (nSPS) is 10.6. The first-order valence-corrected chi connectivity index (χ1v) is 8.06. The Morgan fingerprint density at radius 3 is 2.63 bits per heavy atom. The zero-order chi connectivity index (χ0) is 13.8. The second-order valence-electron chi connectivity index (χ2n) is 4.08. The highest BCUT2D eigenvalue weighted by atomic mass is 35.5. The van der Waals surface area contributed by atoms with E-state index in [9.17, 15) is 4.79 Å². The summed E-state index contributed by atoms with van der Waals surface area (Å²) in [5.74, 6) is 0.786. The van der Waals surface area contributed by atoms with Crippen molar-refractivity contribution in [3.8, 4) is 0 Å². The van der Waals surface area contributed by atoms with Gasteiger partial charge in [-0.05, 0) is 30.2 Å². The molecular formula is C14H13ClO2S2. The van der Waals surface area contributed by atoms with Crippen LogP contribution in [0.5, 0.6) is 0 Å². The number of carbonyl (C=O) groups is 1. The van der Waals surface area contributed by atoms with Gasteiger partial charge in [-0.25, -0.2) is 4.79 Å². The van der Waals surface area contributed by atoms with Gasteiger partial charge in [-0.3, -0.25) is 0 Å². The molecule has 2 aromatic rings. The van der Waals surface area contributed by atoms with Gasteiger partial charge in [0.15, 0.2) is 0 Å². The molecule has 0 saturated heterocycles. The molecule has 2 rings (SSSR count). The third-order valence-electron chi connectivity index (χ3n) is 2.70. The van der Waals surface area contributed by atoms with Crippen LogP contribution in [-0.4, -0.2) is 11.1 Å². The van der Waals surface area contributed by atoms with E-state index >= 15 is 0 Å². The lowest BCUT2D eigenvalue weighted by Gasteiger charge is -2.03. The van der Waals surface area contributed by atoms with Crippen molar-refractivity contribution < 1.29 is 9.90 Å². The highest BCUT2D eigenvalue weighted by Crippen LogP contribution is 2.28. The molecule has 100 valence electrons. The Balaban J connectivity index is 1.96. The van der Waals surface area contributed by atoms with E-state index in [1.807, 2.05) is 31.2 Å². The zero-order valence-electron chi connectivity index (χ0n) is 10.4. The molecule has 0 amide bonds. The largest absolute Gasteiger partial charge is 0.477 e. The lowest BCUT2D eigenvalue weighted by Crippen LogP contribution is -1.90. The smallest absolute Gasteiger partial charge is 0.345 e. The van der Waals surface area contributed by atoms with Crippen LogP contribution in [0.25, 0.3) is 0 Å². The number of carboxylic acids is 1. The van der Waals surface area contributed by atoms with Crippen molar-refractivity contribution >= 4 is 40.7 Å². The SMILES string of the molecule is Cc1sc(C(=O)O)cc1CSCc1ccccc1Cl. The number of aromatic carboxylic acids is 1. The van der Waals surface area contributed by atoms with Crippen molar-refractivity contribution in [3.63, 3.8) is 0 Å². The van der Waals surface area contributed by atoms with Crippen LogP contribution < -0.4 is 0 Å². The Bertz CT molecular complexity index is 593. The van der Waals surface area contributed by atoms with Crippen LogP contribution in [0.15, 0.2) is 30.3 Å². The van der Waals surface area contributed by atoms with Crippen LogP contribution in [0.3, 0.4) is 0 Å². The van der Waals surface area contributed by atoms with Crippen LogP contribution in [-0.2, 0) is 11.5 Å². The minimum absolute atomic E-state index is 0.408. The van der Waals surface area contributed by atoms with E-state index in [2.05, 4.69) is 0 Å². The summed E-state index contributed by atoms with van der Waals surface area (Å²) >= 11 is 9.17. The lowest BCUT2D eigenvalue weighted by atomic mass is 10.2. The van der Waals surface area contributed by atoms with E-state index in [1.165, 1.54) is 11.3 Å². The maximum absolute atomic E-state index is 10.9. The molecule has 0 saturated carbocycles. The monoisotopic (exact) mass is 312 g/mol. The lowest BCUT2D eigenvalue weighted by molar-refractivity contribution is 0.0702. The number of hydrogen-bond donors (Lipinski definition) is 1. The third kappa shape index (κ3) is 3.75.